The van der Waals surface area contributed by atoms with E-state index in [4.69, 9.17) is 35.7 Å². The first-order chi connectivity index (χ1) is 21.4. The number of hydrogen-bond donors (Lipinski definition) is 2. The van der Waals surface area contributed by atoms with Crippen molar-refractivity contribution >= 4 is 51.3 Å². The number of carboxylic acid groups (broad SMARTS) is 2. The molecule has 14 heteroatoms. The van der Waals surface area contributed by atoms with Gasteiger partial charge in [-0.3, -0.25) is 19.2 Å². The zero-order valence-electron chi connectivity index (χ0n) is 25.5. The topological polar surface area (TPSA) is 152 Å². The number of aliphatic carboxylic acids is 2. The third-order valence-corrected chi connectivity index (χ3v) is 9.15. The Kier molecular flexibility index (Phi) is 11.1. The smallest absolute Gasteiger partial charge is 0.306 e. The van der Waals surface area contributed by atoms with Gasteiger partial charge in [0.15, 0.2) is 23.0 Å². The number of halogens is 2. The summed E-state index contributed by atoms with van der Waals surface area (Å²) < 4.78 is 23.8. The van der Waals surface area contributed by atoms with Crippen LogP contribution < -0.4 is 18.9 Å². The Balaban J connectivity index is 1.36. The molecule has 2 heterocycles. The molecule has 2 aliphatic rings. The second-order valence-electron chi connectivity index (χ2n) is 11.2. The summed E-state index contributed by atoms with van der Waals surface area (Å²) in [5.41, 5.74) is 3.31. The third-order valence-electron chi connectivity index (χ3n) is 7.91. The van der Waals surface area contributed by atoms with Gasteiger partial charge < -0.3 is 39.0 Å². The lowest BCUT2D eigenvalue weighted by atomic mass is 10.1. The fraction of sp³-hybridized carbons (Fsp3) is 0.484. The molecule has 0 aromatic heterocycles. The van der Waals surface area contributed by atoms with Crippen molar-refractivity contribution in [2.24, 2.45) is 11.8 Å². The van der Waals surface area contributed by atoms with Crippen LogP contribution in [0.5, 0.6) is 23.0 Å². The number of benzene rings is 2. The van der Waals surface area contributed by atoms with Crippen LogP contribution in [-0.4, -0.2) is 71.2 Å². The quantitative estimate of drug-likeness (QED) is 0.260. The predicted molar refractivity (Wildman–Crippen MR) is 166 cm³/mol. The standard InChI is InChI=1S/C31H36BrClN2O10/c1-16(30(38)39)8-24(36)34-12-18-10-22(42-3)23(11-19(18)13-34)44-6-5-7-45-29-27(33)21-15-35(25(37)9-17(2)31(40)41)14-20(21)26(32)28(29)43-4/h10-11,16-17H,5-9,12-15H2,1-4H3,(H,38,39)(H,40,41)/t16-,17-/m0/s1. The lowest BCUT2D eigenvalue weighted by molar-refractivity contribution is -0.145. The SMILES string of the molecule is COc1cc2c(cc1OCCCOc1c(Cl)c3c(c(Br)c1OC)CN(C(=O)C[C@H](C)C(=O)O)C3)CN(C(=O)C[C@H](C)C(=O)O)C2. The van der Waals surface area contributed by atoms with Gasteiger partial charge in [-0.2, -0.15) is 0 Å². The third kappa shape index (κ3) is 7.58. The van der Waals surface area contributed by atoms with E-state index in [2.05, 4.69) is 15.9 Å². The highest BCUT2D eigenvalue weighted by molar-refractivity contribution is 9.10. The second kappa shape index (κ2) is 14.6. The van der Waals surface area contributed by atoms with E-state index in [1.807, 2.05) is 12.1 Å². The van der Waals surface area contributed by atoms with E-state index in [1.54, 1.807) is 9.80 Å². The fourth-order valence-corrected chi connectivity index (χ4v) is 6.24. The minimum absolute atomic E-state index is 0.0676. The molecule has 0 saturated carbocycles. The molecule has 12 nitrogen and oxygen atoms in total. The largest absolute Gasteiger partial charge is 0.493 e. The molecule has 2 N–H and O–H groups in total. The van der Waals surface area contributed by atoms with Gasteiger partial charge in [0.05, 0.1) is 48.8 Å². The molecule has 244 valence electrons. The highest BCUT2D eigenvalue weighted by atomic mass is 79.9. The summed E-state index contributed by atoms with van der Waals surface area (Å²) in [6.45, 7) is 4.74. The van der Waals surface area contributed by atoms with Gasteiger partial charge >= 0.3 is 11.9 Å². The van der Waals surface area contributed by atoms with Gasteiger partial charge in [0.1, 0.15) is 0 Å². The number of ether oxygens (including phenoxy) is 4. The molecule has 0 bridgehead atoms. The van der Waals surface area contributed by atoms with Crippen LogP contribution >= 0.6 is 27.5 Å². The van der Waals surface area contributed by atoms with Gasteiger partial charge in [0.25, 0.3) is 0 Å². The van der Waals surface area contributed by atoms with Gasteiger partial charge in [-0.1, -0.05) is 25.4 Å². The summed E-state index contributed by atoms with van der Waals surface area (Å²) in [5, 5.41) is 18.6. The molecule has 4 rings (SSSR count). The monoisotopic (exact) mass is 710 g/mol. The number of carboxylic acids is 2. The Bertz CT molecular complexity index is 1500. The number of methoxy groups -OCH3 is 2. The van der Waals surface area contributed by atoms with Gasteiger partial charge in [0.2, 0.25) is 11.8 Å². The van der Waals surface area contributed by atoms with Crippen LogP contribution in [0.25, 0.3) is 0 Å². The normalized spacial score (nSPS) is 14.8. The van der Waals surface area contributed by atoms with E-state index in [0.717, 1.165) is 16.7 Å². The Morgan fingerprint density at radius 1 is 0.800 bits per heavy atom. The van der Waals surface area contributed by atoms with Gasteiger partial charge in [-0.15, -0.1) is 0 Å². The van der Waals surface area contributed by atoms with Crippen LogP contribution in [0.15, 0.2) is 16.6 Å². The van der Waals surface area contributed by atoms with Crippen molar-refractivity contribution in [3.8, 4) is 23.0 Å². The molecule has 0 aliphatic carbocycles. The van der Waals surface area contributed by atoms with Crippen molar-refractivity contribution < 1.29 is 48.3 Å². The highest BCUT2D eigenvalue weighted by Crippen LogP contribution is 2.49. The maximum Gasteiger partial charge on any atom is 0.306 e. The summed E-state index contributed by atoms with van der Waals surface area (Å²) in [7, 11) is 3.03. The Hall–Kier alpha value is -3.71. The lowest BCUT2D eigenvalue weighted by Gasteiger charge is -2.17. The molecule has 0 radical (unpaired) electrons. The van der Waals surface area contributed by atoms with Gasteiger partial charge in [0, 0.05) is 51.0 Å². The van der Waals surface area contributed by atoms with Crippen LogP contribution in [0.3, 0.4) is 0 Å². The van der Waals surface area contributed by atoms with Crippen molar-refractivity contribution in [1.82, 2.24) is 9.80 Å². The van der Waals surface area contributed by atoms with Crippen LogP contribution in [0.4, 0.5) is 0 Å². The molecule has 0 unspecified atom stereocenters. The van der Waals surface area contributed by atoms with Gasteiger partial charge in [-0.05, 0) is 44.8 Å². The molecule has 2 amide bonds. The maximum atomic E-state index is 12.7. The first-order valence-electron chi connectivity index (χ1n) is 14.4. The fourth-order valence-electron chi connectivity index (χ4n) is 5.22. The Morgan fingerprint density at radius 3 is 1.84 bits per heavy atom. The van der Waals surface area contributed by atoms with Crippen molar-refractivity contribution in [3.63, 3.8) is 0 Å². The van der Waals surface area contributed by atoms with Crippen molar-refractivity contribution in [3.05, 3.63) is 43.9 Å². The summed E-state index contributed by atoms with van der Waals surface area (Å²) in [4.78, 5) is 50.9. The molecular formula is C31H36BrClN2O10. The van der Waals surface area contributed by atoms with Crippen LogP contribution in [0, 0.1) is 11.8 Å². The lowest BCUT2D eigenvalue weighted by Crippen LogP contribution is -2.28. The summed E-state index contributed by atoms with van der Waals surface area (Å²) in [6.07, 6.45) is 0.294. The molecule has 45 heavy (non-hydrogen) atoms. The van der Waals surface area contributed by atoms with Gasteiger partial charge in [-0.25, -0.2) is 0 Å². The van der Waals surface area contributed by atoms with E-state index < -0.39 is 23.8 Å². The van der Waals surface area contributed by atoms with E-state index in [9.17, 15) is 24.3 Å². The number of rotatable bonds is 14. The minimum atomic E-state index is -1.03. The number of nitrogens with zero attached hydrogens (tertiary/aromatic N) is 2. The van der Waals surface area contributed by atoms with Crippen LogP contribution in [-0.2, 0) is 45.4 Å². The predicted octanol–water partition coefficient (Wildman–Crippen LogP) is 4.87. The number of fused-ring (bicyclic) bond motifs is 2. The Morgan fingerprint density at radius 2 is 1.31 bits per heavy atom. The minimum Gasteiger partial charge on any atom is -0.493 e. The number of carbonyl (C=O) groups is 4. The summed E-state index contributed by atoms with van der Waals surface area (Å²) in [6, 6.07) is 3.67. The molecule has 2 aromatic carbocycles. The number of hydrogen-bond acceptors (Lipinski definition) is 8. The highest BCUT2D eigenvalue weighted by Gasteiger charge is 2.33. The van der Waals surface area contributed by atoms with E-state index in [1.165, 1.54) is 28.1 Å². The molecule has 2 aromatic rings. The average Bonchev–Trinajstić information content (AvgIpc) is 3.64. The number of carbonyl (C=O) groups excluding carboxylic acids is 2. The summed E-state index contributed by atoms with van der Waals surface area (Å²) in [5.74, 6) is -2.34. The van der Waals surface area contributed by atoms with Crippen molar-refractivity contribution in [2.75, 3.05) is 27.4 Å². The zero-order chi connectivity index (χ0) is 33.0. The van der Waals surface area contributed by atoms with E-state index in [0.29, 0.717) is 57.6 Å². The maximum absolute atomic E-state index is 12.7. The molecular weight excluding hydrogens is 676 g/mol. The van der Waals surface area contributed by atoms with Crippen LogP contribution in [0.2, 0.25) is 5.02 Å². The molecule has 0 spiro atoms. The average molecular weight is 712 g/mol. The molecule has 0 fully saturated rings. The molecule has 0 saturated heterocycles. The first-order valence-corrected chi connectivity index (χ1v) is 15.6. The molecule has 2 aliphatic heterocycles. The van der Waals surface area contributed by atoms with Crippen molar-refractivity contribution in [1.29, 1.82) is 0 Å². The number of amides is 2. The summed E-state index contributed by atoms with van der Waals surface area (Å²) >= 11 is 10.3. The van der Waals surface area contributed by atoms with E-state index in [-0.39, 0.29) is 51.0 Å². The second-order valence-corrected chi connectivity index (χ2v) is 12.3. The first kappa shape index (κ1) is 34.2. The van der Waals surface area contributed by atoms with Crippen LogP contribution in [0.1, 0.15) is 55.4 Å². The van der Waals surface area contributed by atoms with Crippen molar-refractivity contribution in [2.45, 2.75) is 59.3 Å². The van der Waals surface area contributed by atoms with E-state index >= 15 is 0 Å². The molecule has 2 atom stereocenters. The zero-order valence-corrected chi connectivity index (χ0v) is 27.8. The Labute approximate surface area is 274 Å².